The molecule has 4 aromatic rings. The first-order valence-corrected chi connectivity index (χ1v) is 8.76. The summed E-state index contributed by atoms with van der Waals surface area (Å²) in [7, 11) is 0. The van der Waals surface area contributed by atoms with Crippen LogP contribution in [-0.4, -0.2) is 20.9 Å². The lowest BCUT2D eigenvalue weighted by Crippen LogP contribution is -2.06. The molecule has 3 aromatic heterocycles. The number of rotatable bonds is 3. The van der Waals surface area contributed by atoms with Crippen LogP contribution in [-0.2, 0) is 4.79 Å². The van der Waals surface area contributed by atoms with Crippen LogP contribution in [0.3, 0.4) is 0 Å². The minimum absolute atomic E-state index is 0.150. The molecule has 0 spiro atoms. The van der Waals surface area contributed by atoms with E-state index in [1.54, 1.807) is 18.5 Å². The van der Waals surface area contributed by atoms with E-state index in [2.05, 4.69) is 26.3 Å². The van der Waals surface area contributed by atoms with Gasteiger partial charge in [-0.1, -0.05) is 17.4 Å². The third-order valence-electron chi connectivity index (χ3n) is 3.88. The van der Waals surface area contributed by atoms with Gasteiger partial charge in [-0.2, -0.15) is 0 Å². The molecule has 1 aromatic carbocycles. The largest absolute Gasteiger partial charge is 0.375 e. The average molecular weight is 361 g/mol. The van der Waals surface area contributed by atoms with E-state index in [4.69, 9.17) is 5.73 Å². The maximum absolute atomic E-state index is 11.1. The number of anilines is 2. The summed E-state index contributed by atoms with van der Waals surface area (Å²) in [4.78, 5) is 24.1. The summed E-state index contributed by atoms with van der Waals surface area (Å²) < 4.78 is 1.03. The summed E-state index contributed by atoms with van der Waals surface area (Å²) in [6.45, 7) is 1.45. The van der Waals surface area contributed by atoms with Gasteiger partial charge in [0, 0.05) is 42.2 Å². The molecule has 7 heteroatoms. The quantitative estimate of drug-likeness (QED) is 0.576. The van der Waals surface area contributed by atoms with E-state index in [-0.39, 0.29) is 5.91 Å². The highest BCUT2D eigenvalue weighted by Gasteiger charge is 2.12. The van der Waals surface area contributed by atoms with Gasteiger partial charge in [-0.15, -0.1) is 0 Å². The highest BCUT2D eigenvalue weighted by atomic mass is 32.1. The molecule has 0 aliphatic rings. The molecule has 0 saturated carbocycles. The van der Waals surface area contributed by atoms with Crippen LogP contribution in [0.25, 0.3) is 32.5 Å². The third-order valence-corrected chi connectivity index (χ3v) is 4.81. The minimum Gasteiger partial charge on any atom is -0.375 e. The Hall–Kier alpha value is -3.32. The normalized spacial score (nSPS) is 10.8. The molecule has 128 valence electrons. The summed E-state index contributed by atoms with van der Waals surface area (Å²) in [5, 5.41) is 3.20. The molecule has 3 N–H and O–H groups in total. The number of nitrogen functional groups attached to an aromatic ring is 1. The van der Waals surface area contributed by atoms with Crippen LogP contribution in [0, 0.1) is 0 Å². The molecule has 0 unspecified atom stereocenters. The molecule has 0 fully saturated rings. The lowest BCUT2D eigenvalue weighted by Gasteiger charge is -2.08. The monoisotopic (exact) mass is 361 g/mol. The Labute approximate surface area is 153 Å². The van der Waals surface area contributed by atoms with Gasteiger partial charge in [0.05, 0.1) is 10.2 Å². The van der Waals surface area contributed by atoms with Crippen LogP contribution in [0.5, 0.6) is 0 Å². The number of nitrogens with zero attached hydrogens (tertiary/aromatic N) is 3. The molecule has 26 heavy (non-hydrogen) atoms. The molecule has 0 aliphatic carbocycles. The Balaban J connectivity index is 1.84. The fraction of sp³-hybridized carbons (Fsp3) is 0.0526. The Morgan fingerprint density at radius 2 is 2.00 bits per heavy atom. The van der Waals surface area contributed by atoms with E-state index in [0.29, 0.717) is 10.9 Å². The zero-order chi connectivity index (χ0) is 18.1. The molecule has 0 atom stereocenters. The van der Waals surface area contributed by atoms with E-state index >= 15 is 0 Å². The minimum atomic E-state index is -0.150. The zero-order valence-electron chi connectivity index (χ0n) is 13.9. The Bertz CT molecular complexity index is 1090. The number of pyridine rings is 2. The number of carbonyl (C=O) groups is 1. The number of fused-ring (bicyclic) bond motifs is 1. The van der Waals surface area contributed by atoms with Gasteiger partial charge in [-0.3, -0.25) is 9.78 Å². The molecule has 0 radical (unpaired) electrons. The van der Waals surface area contributed by atoms with Crippen LogP contribution in [0.4, 0.5) is 10.9 Å². The standard InChI is InChI=1S/C19H15N5OS/c1-11(25)23-17-5-4-12(10-22-17)14-7-15(13-3-2-6-21-9-13)18-16(8-14)24-19(20)26-18/h2-10H,1H3,(H2,20,24)(H,22,23,25). The van der Waals surface area contributed by atoms with Gasteiger partial charge in [-0.05, 0) is 35.9 Å². The number of benzene rings is 1. The fourth-order valence-corrected chi connectivity index (χ4v) is 3.62. The predicted molar refractivity (Wildman–Crippen MR) is 105 cm³/mol. The zero-order valence-corrected chi connectivity index (χ0v) is 14.7. The molecule has 0 aliphatic heterocycles. The summed E-state index contributed by atoms with van der Waals surface area (Å²) in [6, 6.07) is 11.7. The van der Waals surface area contributed by atoms with E-state index in [9.17, 15) is 4.79 Å². The lowest BCUT2D eigenvalue weighted by atomic mass is 10.00. The molecular weight excluding hydrogens is 346 g/mol. The number of hydrogen-bond donors (Lipinski definition) is 2. The fourth-order valence-electron chi connectivity index (χ4n) is 2.77. The van der Waals surface area contributed by atoms with Gasteiger partial charge in [0.1, 0.15) is 5.82 Å². The van der Waals surface area contributed by atoms with E-state index < -0.39 is 0 Å². The van der Waals surface area contributed by atoms with Crippen molar-refractivity contribution in [2.45, 2.75) is 6.92 Å². The van der Waals surface area contributed by atoms with Crippen LogP contribution in [0.1, 0.15) is 6.92 Å². The predicted octanol–water partition coefficient (Wildman–Crippen LogP) is 3.96. The second-order valence-electron chi connectivity index (χ2n) is 5.78. The van der Waals surface area contributed by atoms with Crippen LogP contribution in [0.15, 0.2) is 55.0 Å². The van der Waals surface area contributed by atoms with Crippen molar-refractivity contribution in [2.75, 3.05) is 11.1 Å². The number of amides is 1. The number of thiazole rings is 1. The van der Waals surface area contributed by atoms with Gasteiger partial charge < -0.3 is 11.1 Å². The van der Waals surface area contributed by atoms with Gasteiger partial charge in [0.15, 0.2) is 5.13 Å². The van der Waals surface area contributed by atoms with Crippen molar-refractivity contribution in [1.29, 1.82) is 0 Å². The summed E-state index contributed by atoms with van der Waals surface area (Å²) >= 11 is 1.46. The SMILES string of the molecule is CC(=O)Nc1ccc(-c2cc(-c3cccnc3)c3sc(N)nc3c2)cn1. The van der Waals surface area contributed by atoms with Gasteiger partial charge >= 0.3 is 0 Å². The number of nitrogens with two attached hydrogens (primary N) is 1. The molecule has 0 bridgehead atoms. The highest BCUT2D eigenvalue weighted by Crippen LogP contribution is 2.37. The lowest BCUT2D eigenvalue weighted by molar-refractivity contribution is -0.114. The van der Waals surface area contributed by atoms with E-state index in [1.807, 2.05) is 30.5 Å². The number of hydrogen-bond acceptors (Lipinski definition) is 6. The molecule has 6 nitrogen and oxygen atoms in total. The van der Waals surface area contributed by atoms with Crippen molar-refractivity contribution in [3.63, 3.8) is 0 Å². The van der Waals surface area contributed by atoms with E-state index in [0.717, 1.165) is 32.5 Å². The van der Waals surface area contributed by atoms with Gasteiger partial charge in [0.2, 0.25) is 5.91 Å². The summed E-state index contributed by atoms with van der Waals surface area (Å²) in [6.07, 6.45) is 5.30. The number of carbonyl (C=O) groups excluding carboxylic acids is 1. The van der Waals surface area contributed by atoms with Crippen molar-refractivity contribution in [1.82, 2.24) is 15.0 Å². The molecule has 3 heterocycles. The first kappa shape index (κ1) is 16.2. The third kappa shape index (κ3) is 3.12. The van der Waals surface area contributed by atoms with Crippen LogP contribution < -0.4 is 11.1 Å². The molecule has 0 saturated heterocycles. The highest BCUT2D eigenvalue weighted by molar-refractivity contribution is 7.22. The second kappa shape index (κ2) is 6.53. The summed E-state index contributed by atoms with van der Waals surface area (Å²) in [5.41, 5.74) is 10.7. The number of aromatic nitrogens is 3. The Morgan fingerprint density at radius 1 is 1.12 bits per heavy atom. The smallest absolute Gasteiger partial charge is 0.222 e. The maximum Gasteiger partial charge on any atom is 0.222 e. The first-order chi connectivity index (χ1) is 12.6. The van der Waals surface area contributed by atoms with Crippen molar-refractivity contribution in [3.8, 4) is 22.3 Å². The Kier molecular flexibility index (Phi) is 4.06. The topological polar surface area (TPSA) is 93.8 Å². The van der Waals surface area contributed by atoms with Crippen LogP contribution >= 0.6 is 11.3 Å². The van der Waals surface area contributed by atoms with E-state index in [1.165, 1.54) is 18.3 Å². The summed E-state index contributed by atoms with van der Waals surface area (Å²) in [5.74, 6) is 0.371. The molecular formula is C19H15N5OS. The average Bonchev–Trinajstić information content (AvgIpc) is 3.02. The molecule has 1 amide bonds. The van der Waals surface area contributed by atoms with Crippen molar-refractivity contribution in [3.05, 3.63) is 55.0 Å². The van der Waals surface area contributed by atoms with Crippen molar-refractivity contribution < 1.29 is 4.79 Å². The maximum atomic E-state index is 11.1. The number of nitrogens with one attached hydrogen (secondary N) is 1. The second-order valence-corrected chi connectivity index (χ2v) is 6.81. The van der Waals surface area contributed by atoms with Crippen molar-refractivity contribution in [2.24, 2.45) is 0 Å². The Morgan fingerprint density at radius 3 is 2.69 bits per heavy atom. The first-order valence-electron chi connectivity index (χ1n) is 7.94. The van der Waals surface area contributed by atoms with Gasteiger partial charge in [0.25, 0.3) is 0 Å². The molecule has 4 rings (SSSR count). The van der Waals surface area contributed by atoms with Crippen LogP contribution in [0.2, 0.25) is 0 Å². The van der Waals surface area contributed by atoms with Gasteiger partial charge in [-0.25, -0.2) is 9.97 Å². The van der Waals surface area contributed by atoms with Crippen molar-refractivity contribution >= 4 is 38.4 Å².